The van der Waals surface area contributed by atoms with Crippen molar-refractivity contribution in [3.8, 4) is 17.2 Å². The largest absolute Gasteiger partial charge is 0.508 e. The van der Waals surface area contributed by atoms with E-state index in [2.05, 4.69) is 0 Å². The zero-order valence-corrected chi connectivity index (χ0v) is 10.2. The van der Waals surface area contributed by atoms with E-state index in [0.717, 1.165) is 11.6 Å². The summed E-state index contributed by atoms with van der Waals surface area (Å²) in [5.41, 5.74) is 1.05. The molecule has 0 aromatic heterocycles. The Balaban J connectivity index is 2.05. The van der Waals surface area contributed by atoms with Crippen LogP contribution < -0.4 is 0 Å². The van der Waals surface area contributed by atoms with Crippen molar-refractivity contribution >= 4 is 5.78 Å². The van der Waals surface area contributed by atoms with E-state index in [9.17, 15) is 15.0 Å². The molecule has 0 fully saturated rings. The minimum atomic E-state index is -0.221. The summed E-state index contributed by atoms with van der Waals surface area (Å²) < 4.78 is 0. The van der Waals surface area contributed by atoms with Crippen LogP contribution in [0.1, 0.15) is 22.3 Å². The Kier molecular flexibility index (Phi) is 3.71. The average Bonchev–Trinajstić information content (AvgIpc) is 2.36. The van der Waals surface area contributed by atoms with Gasteiger partial charge in [0.2, 0.25) is 0 Å². The van der Waals surface area contributed by atoms with E-state index in [0.29, 0.717) is 6.42 Å². The van der Waals surface area contributed by atoms with E-state index in [1.807, 2.05) is 6.07 Å². The zero-order chi connectivity index (χ0) is 13.8. The number of hydrogen-bond acceptors (Lipinski definition) is 4. The number of aryl methyl sites for hydroxylation is 1. The third-order valence-corrected chi connectivity index (χ3v) is 2.83. The number of Topliss-reactive ketones (excluding diaryl/α,β-unsaturated/α-hetero) is 1. The van der Waals surface area contributed by atoms with Crippen LogP contribution in [0.15, 0.2) is 42.5 Å². The van der Waals surface area contributed by atoms with Crippen molar-refractivity contribution in [2.24, 2.45) is 0 Å². The monoisotopic (exact) mass is 258 g/mol. The molecule has 0 aliphatic carbocycles. The molecule has 0 aliphatic rings. The Morgan fingerprint density at radius 2 is 1.68 bits per heavy atom. The van der Waals surface area contributed by atoms with Crippen molar-refractivity contribution in [2.45, 2.75) is 12.8 Å². The summed E-state index contributed by atoms with van der Waals surface area (Å²) in [6.07, 6.45) is 0.704. The second-order valence-corrected chi connectivity index (χ2v) is 4.29. The average molecular weight is 258 g/mol. The highest BCUT2D eigenvalue weighted by Crippen LogP contribution is 2.24. The predicted molar refractivity (Wildman–Crippen MR) is 70.5 cm³/mol. The van der Waals surface area contributed by atoms with Gasteiger partial charge in [-0.2, -0.15) is 0 Å². The lowest BCUT2D eigenvalue weighted by Gasteiger charge is -2.05. The molecule has 0 unspecified atom stereocenters. The van der Waals surface area contributed by atoms with Crippen molar-refractivity contribution in [3.05, 3.63) is 53.6 Å². The number of rotatable bonds is 4. The lowest BCUT2D eigenvalue weighted by molar-refractivity contribution is 0.0980. The fraction of sp³-hybridized carbons (Fsp3) is 0.133. The lowest BCUT2D eigenvalue weighted by atomic mass is 10.0. The second-order valence-electron chi connectivity index (χ2n) is 4.29. The van der Waals surface area contributed by atoms with Gasteiger partial charge in [0, 0.05) is 12.5 Å². The van der Waals surface area contributed by atoms with Gasteiger partial charge in [0.25, 0.3) is 0 Å². The molecule has 0 saturated carbocycles. The van der Waals surface area contributed by atoms with E-state index in [1.54, 1.807) is 18.2 Å². The summed E-state index contributed by atoms with van der Waals surface area (Å²) in [6, 6.07) is 10.6. The van der Waals surface area contributed by atoms with Crippen molar-refractivity contribution in [1.29, 1.82) is 0 Å². The van der Waals surface area contributed by atoms with Gasteiger partial charge in [-0.05, 0) is 36.2 Å². The molecule has 0 spiro atoms. The van der Waals surface area contributed by atoms with E-state index in [-0.39, 0.29) is 35.0 Å². The highest BCUT2D eigenvalue weighted by atomic mass is 16.3. The standard InChI is InChI=1S/C15H14O4/c16-11-3-1-2-10(8-11)4-7-14(18)13-6-5-12(17)9-15(13)19/h1-3,5-6,8-9,16-17,19H,4,7H2. The quantitative estimate of drug-likeness (QED) is 0.737. The van der Waals surface area contributed by atoms with E-state index in [4.69, 9.17) is 5.11 Å². The molecule has 2 aromatic rings. The highest BCUT2D eigenvalue weighted by Gasteiger charge is 2.11. The number of phenolic OH excluding ortho intramolecular Hbond substituents is 3. The summed E-state index contributed by atoms with van der Waals surface area (Å²) in [5.74, 6) is -0.346. The number of carbonyl (C=O) groups is 1. The molecule has 0 atom stereocenters. The number of aromatic hydroxyl groups is 3. The summed E-state index contributed by atoms with van der Waals surface area (Å²) in [6.45, 7) is 0. The Morgan fingerprint density at radius 3 is 2.37 bits per heavy atom. The Morgan fingerprint density at radius 1 is 0.947 bits per heavy atom. The van der Waals surface area contributed by atoms with Crippen molar-refractivity contribution in [3.63, 3.8) is 0 Å². The van der Waals surface area contributed by atoms with Crippen LogP contribution in [-0.4, -0.2) is 21.1 Å². The van der Waals surface area contributed by atoms with E-state index < -0.39 is 0 Å². The van der Waals surface area contributed by atoms with E-state index in [1.165, 1.54) is 12.1 Å². The molecule has 98 valence electrons. The normalized spacial score (nSPS) is 10.3. The van der Waals surface area contributed by atoms with Gasteiger partial charge >= 0.3 is 0 Å². The Hall–Kier alpha value is -2.49. The number of benzene rings is 2. The maximum absolute atomic E-state index is 11.9. The van der Waals surface area contributed by atoms with Gasteiger partial charge in [-0.15, -0.1) is 0 Å². The van der Waals surface area contributed by atoms with Gasteiger partial charge in [0.05, 0.1) is 5.56 Å². The Bertz CT molecular complexity index is 605. The van der Waals surface area contributed by atoms with Crippen LogP contribution in [0.25, 0.3) is 0 Å². The first-order valence-corrected chi connectivity index (χ1v) is 5.89. The molecule has 2 rings (SSSR count). The molecule has 2 aromatic carbocycles. The smallest absolute Gasteiger partial charge is 0.166 e. The minimum Gasteiger partial charge on any atom is -0.508 e. The maximum atomic E-state index is 11.9. The summed E-state index contributed by atoms with van der Waals surface area (Å²) >= 11 is 0. The number of phenols is 3. The number of carbonyl (C=O) groups excluding carboxylic acids is 1. The zero-order valence-electron chi connectivity index (χ0n) is 10.2. The SMILES string of the molecule is O=C(CCc1cccc(O)c1)c1ccc(O)cc1O. The molecule has 0 saturated heterocycles. The van der Waals surface area contributed by atoms with Crippen molar-refractivity contribution in [1.82, 2.24) is 0 Å². The van der Waals surface area contributed by atoms with Crippen LogP contribution in [0.4, 0.5) is 0 Å². The Labute approximate surface area is 110 Å². The molecule has 0 heterocycles. The minimum absolute atomic E-state index is 0.0815. The van der Waals surface area contributed by atoms with Gasteiger partial charge in [0.1, 0.15) is 17.2 Å². The van der Waals surface area contributed by atoms with Gasteiger partial charge < -0.3 is 15.3 Å². The number of hydrogen-bond donors (Lipinski definition) is 3. The van der Waals surface area contributed by atoms with Crippen LogP contribution in [0.3, 0.4) is 0 Å². The van der Waals surface area contributed by atoms with Gasteiger partial charge in [-0.3, -0.25) is 4.79 Å². The summed E-state index contributed by atoms with van der Waals surface area (Å²) in [5, 5.41) is 28.1. The molecule has 0 bridgehead atoms. The molecule has 19 heavy (non-hydrogen) atoms. The first kappa shape index (κ1) is 13.0. The van der Waals surface area contributed by atoms with Crippen LogP contribution in [0, 0.1) is 0 Å². The van der Waals surface area contributed by atoms with E-state index >= 15 is 0 Å². The predicted octanol–water partition coefficient (Wildman–Crippen LogP) is 2.62. The first-order valence-electron chi connectivity index (χ1n) is 5.89. The summed E-state index contributed by atoms with van der Waals surface area (Å²) in [7, 11) is 0. The fourth-order valence-corrected chi connectivity index (χ4v) is 1.86. The lowest BCUT2D eigenvalue weighted by Crippen LogP contribution is -2.01. The van der Waals surface area contributed by atoms with Crippen LogP contribution in [0.5, 0.6) is 17.2 Å². The molecule has 0 amide bonds. The molecule has 0 aliphatic heterocycles. The third kappa shape index (κ3) is 3.25. The van der Waals surface area contributed by atoms with Crippen LogP contribution in [-0.2, 0) is 6.42 Å². The molecule has 4 nitrogen and oxygen atoms in total. The fourth-order valence-electron chi connectivity index (χ4n) is 1.86. The number of ketones is 1. The van der Waals surface area contributed by atoms with Crippen LogP contribution >= 0.6 is 0 Å². The first-order chi connectivity index (χ1) is 9.06. The summed E-state index contributed by atoms with van der Waals surface area (Å²) in [4.78, 5) is 11.9. The topological polar surface area (TPSA) is 77.8 Å². The van der Waals surface area contributed by atoms with Crippen molar-refractivity contribution in [2.75, 3.05) is 0 Å². The molecule has 0 radical (unpaired) electrons. The van der Waals surface area contributed by atoms with Gasteiger partial charge in [0.15, 0.2) is 5.78 Å². The molecular weight excluding hydrogens is 244 g/mol. The van der Waals surface area contributed by atoms with Gasteiger partial charge in [-0.25, -0.2) is 0 Å². The molecule has 3 N–H and O–H groups in total. The molecular formula is C15H14O4. The molecule has 4 heteroatoms. The van der Waals surface area contributed by atoms with Crippen LogP contribution in [0.2, 0.25) is 0 Å². The van der Waals surface area contributed by atoms with Gasteiger partial charge in [-0.1, -0.05) is 12.1 Å². The van der Waals surface area contributed by atoms with Crippen molar-refractivity contribution < 1.29 is 20.1 Å². The second kappa shape index (κ2) is 5.44. The highest BCUT2D eigenvalue weighted by molar-refractivity contribution is 5.98. The maximum Gasteiger partial charge on any atom is 0.166 e. The third-order valence-electron chi connectivity index (χ3n) is 2.83.